The Morgan fingerprint density at radius 1 is 1.80 bits per heavy atom. The predicted molar refractivity (Wildman–Crippen MR) is 54.2 cm³/mol. The number of Topliss-reactive ketones (excluding diaryl/α,β-unsaturated/α-hetero) is 1. The molecular weight excluding hydrogens is 194 g/mol. The number of carbonyl (C=O) groups is 1. The molecule has 1 fully saturated rings. The molecule has 2 rings (SSSR count). The van der Waals surface area contributed by atoms with Crippen LogP contribution in [-0.4, -0.2) is 34.9 Å². The zero-order valence-corrected chi connectivity index (χ0v) is 8.72. The molecule has 0 saturated carbocycles. The molecule has 0 bridgehead atoms. The molecule has 2 atom stereocenters. The van der Waals surface area contributed by atoms with E-state index in [0.29, 0.717) is 5.69 Å². The van der Waals surface area contributed by atoms with Gasteiger partial charge in [-0.25, -0.2) is 4.98 Å². The van der Waals surface area contributed by atoms with E-state index < -0.39 is 0 Å². The lowest BCUT2D eigenvalue weighted by Gasteiger charge is -2.19. The lowest BCUT2D eigenvalue weighted by molar-refractivity contribution is 0.0914. The minimum Gasteiger partial charge on any atom is -0.451 e. The largest absolute Gasteiger partial charge is 0.451 e. The number of carbonyl (C=O) groups excluding carboxylic acids is 1. The van der Waals surface area contributed by atoms with Crippen LogP contribution in [0.2, 0.25) is 0 Å². The predicted octanol–water partition coefficient (Wildman–Crippen LogP) is 0.484. The molecule has 82 valence electrons. The Bertz CT molecular complexity index is 334. The van der Waals surface area contributed by atoms with Crippen LogP contribution >= 0.6 is 0 Å². The Labute approximate surface area is 88.3 Å². The summed E-state index contributed by atoms with van der Waals surface area (Å²) in [6, 6.07) is 0. The Balaban J connectivity index is 1.99. The third kappa shape index (κ3) is 2.08. The topological polar surface area (TPSA) is 72.4 Å². The van der Waals surface area contributed by atoms with Gasteiger partial charge < -0.3 is 10.2 Å². The maximum atomic E-state index is 11.9. The summed E-state index contributed by atoms with van der Waals surface area (Å²) in [5.74, 6) is 0.0769. The highest BCUT2D eigenvalue weighted by Gasteiger charge is 2.31. The van der Waals surface area contributed by atoms with Gasteiger partial charge >= 0.3 is 0 Å². The molecule has 0 radical (unpaired) electrons. The second-order valence-corrected chi connectivity index (χ2v) is 3.96. The number of ketones is 1. The van der Waals surface area contributed by atoms with Gasteiger partial charge in [0.25, 0.3) is 0 Å². The number of nitrogens with zero attached hydrogens (tertiary/aromatic N) is 2. The van der Waals surface area contributed by atoms with Crippen LogP contribution in [0.3, 0.4) is 0 Å². The first-order chi connectivity index (χ1) is 7.18. The van der Waals surface area contributed by atoms with Crippen LogP contribution in [-0.2, 0) is 0 Å². The summed E-state index contributed by atoms with van der Waals surface area (Å²) >= 11 is 0. The van der Waals surface area contributed by atoms with Crippen molar-refractivity contribution < 1.29 is 9.21 Å². The van der Waals surface area contributed by atoms with Crippen LogP contribution in [0, 0.1) is 5.92 Å². The number of nitrogens with two attached hydrogens (primary N) is 1. The molecule has 1 aromatic rings. The smallest absolute Gasteiger partial charge is 0.188 e. The molecule has 2 heterocycles. The highest BCUT2D eigenvalue weighted by molar-refractivity contribution is 5.96. The van der Waals surface area contributed by atoms with E-state index in [1.807, 2.05) is 6.92 Å². The van der Waals surface area contributed by atoms with E-state index >= 15 is 0 Å². The van der Waals surface area contributed by atoms with Crippen molar-refractivity contribution in [1.82, 2.24) is 9.88 Å². The van der Waals surface area contributed by atoms with Crippen LogP contribution in [0.1, 0.15) is 23.8 Å². The SMILES string of the molecule is C[C@H](N)N1CCC(C(=O)c2cocn2)C1. The van der Waals surface area contributed by atoms with Crippen LogP contribution in [0.4, 0.5) is 0 Å². The molecule has 2 N–H and O–H groups in total. The Morgan fingerprint density at radius 2 is 2.60 bits per heavy atom. The minimum atomic E-state index is 0.0140. The molecule has 1 unspecified atom stereocenters. The van der Waals surface area contributed by atoms with Gasteiger partial charge in [-0.05, 0) is 13.3 Å². The maximum Gasteiger partial charge on any atom is 0.188 e. The molecular formula is C10H15N3O2. The third-order valence-corrected chi connectivity index (χ3v) is 2.85. The molecule has 0 aromatic carbocycles. The Kier molecular flexibility index (Phi) is 2.83. The molecule has 1 saturated heterocycles. The van der Waals surface area contributed by atoms with Crippen molar-refractivity contribution in [3.63, 3.8) is 0 Å². The first-order valence-electron chi connectivity index (χ1n) is 5.10. The summed E-state index contributed by atoms with van der Waals surface area (Å²) in [4.78, 5) is 17.9. The molecule has 0 aliphatic carbocycles. The fourth-order valence-electron chi connectivity index (χ4n) is 1.91. The molecule has 0 spiro atoms. The average Bonchev–Trinajstić information content (AvgIpc) is 2.88. The highest BCUT2D eigenvalue weighted by Crippen LogP contribution is 2.20. The van der Waals surface area contributed by atoms with Gasteiger partial charge in [0.1, 0.15) is 12.0 Å². The quantitative estimate of drug-likeness (QED) is 0.733. The van der Waals surface area contributed by atoms with Gasteiger partial charge in [-0.3, -0.25) is 9.69 Å². The summed E-state index contributed by atoms with van der Waals surface area (Å²) in [6.45, 7) is 3.54. The molecule has 1 aromatic heterocycles. The fourth-order valence-corrected chi connectivity index (χ4v) is 1.91. The molecule has 5 nitrogen and oxygen atoms in total. The van der Waals surface area contributed by atoms with Crippen molar-refractivity contribution in [2.45, 2.75) is 19.5 Å². The molecule has 1 aliphatic rings. The standard InChI is InChI=1S/C10H15N3O2/c1-7(11)13-3-2-8(4-13)10(14)9-5-15-6-12-9/h5-8H,2-4,11H2,1H3/t7-,8?/m1/s1. The summed E-state index contributed by atoms with van der Waals surface area (Å²) in [6.07, 6.45) is 3.55. The van der Waals surface area contributed by atoms with Crippen molar-refractivity contribution >= 4 is 5.78 Å². The van der Waals surface area contributed by atoms with E-state index in [-0.39, 0.29) is 17.9 Å². The summed E-state index contributed by atoms with van der Waals surface area (Å²) in [5.41, 5.74) is 6.18. The zero-order valence-electron chi connectivity index (χ0n) is 8.72. The van der Waals surface area contributed by atoms with Gasteiger partial charge in [-0.15, -0.1) is 0 Å². The van der Waals surface area contributed by atoms with Gasteiger partial charge in [0.15, 0.2) is 12.2 Å². The first kappa shape index (κ1) is 10.3. The summed E-state index contributed by atoms with van der Waals surface area (Å²) < 4.78 is 4.80. The second kappa shape index (κ2) is 4.12. The van der Waals surface area contributed by atoms with Crippen molar-refractivity contribution in [1.29, 1.82) is 0 Å². The number of hydrogen-bond donors (Lipinski definition) is 1. The first-order valence-corrected chi connectivity index (χ1v) is 5.10. The van der Waals surface area contributed by atoms with E-state index in [1.54, 1.807) is 0 Å². The number of oxazole rings is 1. The van der Waals surface area contributed by atoms with Gasteiger partial charge in [-0.1, -0.05) is 0 Å². The maximum absolute atomic E-state index is 11.9. The van der Waals surface area contributed by atoms with Gasteiger partial charge in [-0.2, -0.15) is 0 Å². The highest BCUT2D eigenvalue weighted by atomic mass is 16.3. The number of aromatic nitrogens is 1. The monoisotopic (exact) mass is 209 g/mol. The van der Waals surface area contributed by atoms with E-state index in [1.165, 1.54) is 12.7 Å². The van der Waals surface area contributed by atoms with E-state index in [4.69, 9.17) is 10.2 Å². The number of hydrogen-bond acceptors (Lipinski definition) is 5. The van der Waals surface area contributed by atoms with Crippen molar-refractivity contribution in [3.8, 4) is 0 Å². The average molecular weight is 209 g/mol. The molecule has 1 aliphatic heterocycles. The number of likely N-dealkylation sites (tertiary alicyclic amines) is 1. The van der Waals surface area contributed by atoms with E-state index in [2.05, 4.69) is 9.88 Å². The summed E-state index contributed by atoms with van der Waals surface area (Å²) in [7, 11) is 0. The molecule has 5 heteroatoms. The van der Waals surface area contributed by atoms with Crippen molar-refractivity contribution in [3.05, 3.63) is 18.4 Å². The van der Waals surface area contributed by atoms with E-state index in [9.17, 15) is 4.79 Å². The molecule has 0 amide bonds. The van der Waals surface area contributed by atoms with Crippen molar-refractivity contribution in [2.75, 3.05) is 13.1 Å². The normalized spacial score (nSPS) is 24.3. The van der Waals surface area contributed by atoms with Crippen molar-refractivity contribution in [2.24, 2.45) is 11.7 Å². The third-order valence-electron chi connectivity index (χ3n) is 2.85. The zero-order chi connectivity index (χ0) is 10.8. The lowest BCUT2D eigenvalue weighted by atomic mass is 10.0. The van der Waals surface area contributed by atoms with Crippen LogP contribution in [0.5, 0.6) is 0 Å². The van der Waals surface area contributed by atoms with Crippen LogP contribution < -0.4 is 5.73 Å². The van der Waals surface area contributed by atoms with Gasteiger partial charge in [0, 0.05) is 19.0 Å². The lowest BCUT2D eigenvalue weighted by Crippen LogP contribution is -2.38. The van der Waals surface area contributed by atoms with Crippen LogP contribution in [0.15, 0.2) is 17.1 Å². The minimum absolute atomic E-state index is 0.0140. The van der Waals surface area contributed by atoms with E-state index in [0.717, 1.165) is 19.5 Å². The molecule has 15 heavy (non-hydrogen) atoms. The summed E-state index contributed by atoms with van der Waals surface area (Å²) in [5, 5.41) is 0. The fraction of sp³-hybridized carbons (Fsp3) is 0.600. The second-order valence-electron chi connectivity index (χ2n) is 3.96. The van der Waals surface area contributed by atoms with Gasteiger partial charge in [0.05, 0.1) is 6.17 Å². The Morgan fingerprint density at radius 3 is 3.13 bits per heavy atom. The van der Waals surface area contributed by atoms with Gasteiger partial charge in [0.2, 0.25) is 0 Å². The number of rotatable bonds is 3. The Hall–Kier alpha value is -1.20. The van der Waals surface area contributed by atoms with Crippen LogP contribution in [0.25, 0.3) is 0 Å².